The van der Waals surface area contributed by atoms with Gasteiger partial charge in [0.2, 0.25) is 0 Å². The lowest BCUT2D eigenvalue weighted by Gasteiger charge is -2.22. The minimum atomic E-state index is -0.770. The van der Waals surface area contributed by atoms with E-state index in [0.717, 1.165) is 0 Å². The fraction of sp³-hybridized carbons (Fsp3) is 0.714. The Morgan fingerprint density at radius 1 is 1.82 bits per heavy atom. The Hall–Kier alpha value is -1.06. The normalized spacial score (nSPS) is 31.2. The van der Waals surface area contributed by atoms with Crippen LogP contribution in [-0.2, 0) is 4.79 Å². The van der Waals surface area contributed by atoms with Gasteiger partial charge in [0.25, 0.3) is 0 Å². The molecule has 0 unspecified atom stereocenters. The average Bonchev–Trinajstić information content (AvgIpc) is 1.85. The van der Waals surface area contributed by atoms with E-state index in [1.807, 2.05) is 6.92 Å². The van der Waals surface area contributed by atoms with Crippen LogP contribution in [0.15, 0.2) is 4.99 Å². The minimum Gasteiger partial charge on any atom is -0.481 e. The predicted octanol–water partition coefficient (Wildman–Crippen LogP) is 0.0842. The zero-order valence-electron chi connectivity index (χ0n) is 6.45. The molecule has 0 aromatic heterocycles. The lowest BCUT2D eigenvalue weighted by Crippen LogP contribution is -2.33. The maximum absolute atomic E-state index is 10.6. The first-order valence-electron chi connectivity index (χ1n) is 3.63. The van der Waals surface area contributed by atoms with Crippen LogP contribution in [0.1, 0.15) is 13.3 Å². The largest absolute Gasteiger partial charge is 0.481 e. The molecular weight excluding hydrogens is 144 g/mol. The van der Waals surface area contributed by atoms with Crippen LogP contribution in [0.4, 0.5) is 0 Å². The van der Waals surface area contributed by atoms with Gasteiger partial charge in [0.05, 0.1) is 18.3 Å². The predicted molar refractivity (Wildman–Crippen MR) is 41.4 cm³/mol. The van der Waals surface area contributed by atoms with Gasteiger partial charge in [-0.2, -0.15) is 0 Å². The summed E-state index contributed by atoms with van der Waals surface area (Å²) < 4.78 is 0. The molecule has 0 fully saturated rings. The van der Waals surface area contributed by atoms with Crippen LogP contribution >= 0.6 is 0 Å². The monoisotopic (exact) mass is 156 g/mol. The second-order valence-corrected chi connectivity index (χ2v) is 2.96. The first-order chi connectivity index (χ1) is 5.11. The molecule has 0 radical (unpaired) electrons. The molecule has 1 heterocycles. The molecule has 4 heteroatoms. The summed E-state index contributed by atoms with van der Waals surface area (Å²) in [5, 5.41) is 8.68. The lowest BCUT2D eigenvalue weighted by atomic mass is 9.89. The van der Waals surface area contributed by atoms with Crippen molar-refractivity contribution in [2.45, 2.75) is 13.3 Å². The molecule has 4 nitrogen and oxygen atoms in total. The van der Waals surface area contributed by atoms with Crippen LogP contribution in [0.2, 0.25) is 0 Å². The van der Waals surface area contributed by atoms with E-state index in [-0.39, 0.29) is 11.8 Å². The van der Waals surface area contributed by atoms with Gasteiger partial charge in [-0.25, -0.2) is 0 Å². The maximum atomic E-state index is 10.6. The first-order valence-corrected chi connectivity index (χ1v) is 3.63. The van der Waals surface area contributed by atoms with Crippen molar-refractivity contribution in [3.05, 3.63) is 0 Å². The average molecular weight is 156 g/mol. The lowest BCUT2D eigenvalue weighted by molar-refractivity contribution is -0.143. The molecule has 62 valence electrons. The molecule has 0 aliphatic carbocycles. The first kappa shape index (κ1) is 8.04. The fourth-order valence-corrected chi connectivity index (χ4v) is 1.25. The molecule has 1 aliphatic heterocycles. The van der Waals surface area contributed by atoms with Gasteiger partial charge in [0.15, 0.2) is 0 Å². The van der Waals surface area contributed by atoms with Gasteiger partial charge in [-0.1, -0.05) is 6.92 Å². The van der Waals surface area contributed by atoms with E-state index < -0.39 is 5.97 Å². The van der Waals surface area contributed by atoms with Gasteiger partial charge in [-0.05, 0) is 5.92 Å². The Morgan fingerprint density at radius 3 is 2.91 bits per heavy atom. The Morgan fingerprint density at radius 2 is 2.45 bits per heavy atom. The molecule has 0 aromatic rings. The Kier molecular flexibility index (Phi) is 2.12. The molecule has 1 aliphatic rings. The summed E-state index contributed by atoms with van der Waals surface area (Å²) in [4.78, 5) is 14.5. The van der Waals surface area contributed by atoms with Gasteiger partial charge >= 0.3 is 5.97 Å². The molecule has 0 bridgehead atoms. The Balaban J connectivity index is 2.65. The van der Waals surface area contributed by atoms with Crippen LogP contribution in [0, 0.1) is 11.8 Å². The second kappa shape index (κ2) is 2.90. The number of hydrogen-bond acceptors (Lipinski definition) is 3. The number of hydrogen-bond donors (Lipinski definition) is 2. The topological polar surface area (TPSA) is 75.7 Å². The number of carbonyl (C=O) groups is 1. The third kappa shape index (κ3) is 1.69. The highest BCUT2D eigenvalue weighted by Crippen LogP contribution is 2.20. The number of nitrogens with two attached hydrogens (primary N) is 1. The highest BCUT2D eigenvalue weighted by molar-refractivity contribution is 5.83. The van der Waals surface area contributed by atoms with Gasteiger partial charge in [-0.3, -0.25) is 9.79 Å². The summed E-state index contributed by atoms with van der Waals surface area (Å²) in [6, 6.07) is 0. The van der Waals surface area contributed by atoms with E-state index in [1.165, 1.54) is 0 Å². The third-order valence-corrected chi connectivity index (χ3v) is 2.03. The molecule has 11 heavy (non-hydrogen) atoms. The number of aliphatic carboxylic acids is 1. The van der Waals surface area contributed by atoms with Crippen molar-refractivity contribution in [3.8, 4) is 0 Å². The van der Waals surface area contributed by atoms with E-state index in [2.05, 4.69) is 4.99 Å². The summed E-state index contributed by atoms with van der Waals surface area (Å²) in [5.41, 5.74) is 5.44. The van der Waals surface area contributed by atoms with Crippen molar-refractivity contribution in [1.82, 2.24) is 0 Å². The molecule has 2 atom stereocenters. The summed E-state index contributed by atoms with van der Waals surface area (Å²) in [7, 11) is 0. The summed E-state index contributed by atoms with van der Waals surface area (Å²) in [5.74, 6) is -0.420. The highest BCUT2D eigenvalue weighted by Gasteiger charge is 2.27. The van der Waals surface area contributed by atoms with Crippen LogP contribution in [0.5, 0.6) is 0 Å². The van der Waals surface area contributed by atoms with E-state index >= 15 is 0 Å². The van der Waals surface area contributed by atoms with E-state index in [4.69, 9.17) is 10.8 Å². The number of aliphatic imine (C=N–C) groups is 1. The van der Waals surface area contributed by atoms with Crippen molar-refractivity contribution in [2.24, 2.45) is 22.6 Å². The molecular formula is C7H12N2O2. The smallest absolute Gasteiger partial charge is 0.308 e. The van der Waals surface area contributed by atoms with Gasteiger partial charge in [0.1, 0.15) is 0 Å². The molecule has 0 aromatic carbocycles. The minimum absolute atomic E-state index is 0.116. The summed E-state index contributed by atoms with van der Waals surface area (Å²) >= 11 is 0. The van der Waals surface area contributed by atoms with Crippen molar-refractivity contribution in [2.75, 3.05) is 6.54 Å². The number of nitrogens with zero attached hydrogens (tertiary/aromatic N) is 1. The highest BCUT2D eigenvalue weighted by atomic mass is 16.4. The SMILES string of the molecule is C[C@@H]1CC(N)=NC[C@@H]1C(=O)O. The van der Waals surface area contributed by atoms with Gasteiger partial charge in [-0.15, -0.1) is 0 Å². The van der Waals surface area contributed by atoms with Crippen LogP contribution in [0.25, 0.3) is 0 Å². The molecule has 0 saturated heterocycles. The third-order valence-electron chi connectivity index (χ3n) is 2.03. The van der Waals surface area contributed by atoms with Gasteiger partial charge in [0, 0.05) is 6.42 Å². The van der Waals surface area contributed by atoms with E-state index in [0.29, 0.717) is 18.8 Å². The fourth-order valence-electron chi connectivity index (χ4n) is 1.25. The van der Waals surface area contributed by atoms with E-state index in [1.54, 1.807) is 0 Å². The number of amidine groups is 1. The number of rotatable bonds is 1. The molecule has 0 amide bonds. The zero-order chi connectivity index (χ0) is 8.43. The molecule has 3 N–H and O–H groups in total. The van der Waals surface area contributed by atoms with Crippen LogP contribution in [-0.4, -0.2) is 23.5 Å². The molecule has 0 spiro atoms. The number of carboxylic acid groups (broad SMARTS) is 1. The quantitative estimate of drug-likeness (QED) is 0.564. The second-order valence-electron chi connectivity index (χ2n) is 2.96. The van der Waals surface area contributed by atoms with Crippen molar-refractivity contribution < 1.29 is 9.90 Å². The van der Waals surface area contributed by atoms with E-state index in [9.17, 15) is 4.79 Å². The number of carboxylic acids is 1. The Labute approximate surface area is 65.1 Å². The standard InChI is InChI=1S/C7H12N2O2/c1-4-2-6(8)9-3-5(4)7(10)11/h4-5H,2-3H2,1H3,(H2,8,9)(H,10,11)/t4-,5+/m1/s1. The Bertz CT molecular complexity index is 201. The summed E-state index contributed by atoms with van der Waals surface area (Å²) in [6.45, 7) is 2.22. The molecule has 1 rings (SSSR count). The van der Waals surface area contributed by atoms with Crippen molar-refractivity contribution in [1.29, 1.82) is 0 Å². The van der Waals surface area contributed by atoms with Crippen LogP contribution in [0.3, 0.4) is 0 Å². The van der Waals surface area contributed by atoms with Crippen molar-refractivity contribution >= 4 is 11.8 Å². The zero-order valence-corrected chi connectivity index (χ0v) is 6.45. The van der Waals surface area contributed by atoms with Gasteiger partial charge < -0.3 is 10.8 Å². The molecule has 0 saturated carbocycles. The maximum Gasteiger partial charge on any atom is 0.308 e. The summed E-state index contributed by atoms with van der Waals surface area (Å²) in [6.07, 6.45) is 0.608. The van der Waals surface area contributed by atoms with Crippen LogP contribution < -0.4 is 5.73 Å². The van der Waals surface area contributed by atoms with Crippen molar-refractivity contribution in [3.63, 3.8) is 0 Å².